The van der Waals surface area contributed by atoms with E-state index in [0.717, 1.165) is 0 Å². The van der Waals surface area contributed by atoms with Gasteiger partial charge < -0.3 is 15.1 Å². The van der Waals surface area contributed by atoms with Crippen LogP contribution in [-0.2, 0) is 20.8 Å². The Bertz CT molecular complexity index is 679. The number of amides is 3. The van der Waals surface area contributed by atoms with Crippen LogP contribution < -0.4 is 5.32 Å². The molecule has 2 aliphatic heterocycles. The van der Waals surface area contributed by atoms with Gasteiger partial charge in [-0.3, -0.25) is 14.4 Å². The number of hydrogen-bond acceptors (Lipinski definition) is 3. The minimum absolute atomic E-state index is 0.0105. The topological polar surface area (TPSA) is 69.7 Å². The number of benzene rings is 1. The zero-order valence-electron chi connectivity index (χ0n) is 13.5. The van der Waals surface area contributed by atoms with Crippen molar-refractivity contribution in [2.45, 2.75) is 31.8 Å². The molecule has 2 heterocycles. The number of nitrogens with zero attached hydrogens (tertiary/aromatic N) is 2. The zero-order valence-corrected chi connectivity index (χ0v) is 13.5. The summed E-state index contributed by atoms with van der Waals surface area (Å²) in [7, 11) is 0. The van der Waals surface area contributed by atoms with Gasteiger partial charge in [-0.15, -0.1) is 0 Å². The summed E-state index contributed by atoms with van der Waals surface area (Å²) >= 11 is 0. The largest absolute Gasteiger partial charge is 0.352 e. The normalized spacial score (nSPS) is 23.2. The highest BCUT2D eigenvalue weighted by molar-refractivity contribution is 5.87. The van der Waals surface area contributed by atoms with E-state index in [2.05, 4.69) is 5.32 Å². The Morgan fingerprint density at radius 2 is 2.04 bits per heavy atom. The lowest BCUT2D eigenvalue weighted by Gasteiger charge is -2.37. The molecule has 2 atom stereocenters. The Morgan fingerprint density at radius 3 is 2.75 bits per heavy atom. The lowest BCUT2D eigenvalue weighted by atomic mass is 10.1. The van der Waals surface area contributed by atoms with Crippen LogP contribution in [0.3, 0.4) is 0 Å². The van der Waals surface area contributed by atoms with Crippen molar-refractivity contribution in [3.05, 3.63) is 35.6 Å². The van der Waals surface area contributed by atoms with Crippen molar-refractivity contribution < 1.29 is 18.8 Å². The van der Waals surface area contributed by atoms with E-state index in [9.17, 15) is 18.8 Å². The molecule has 2 fully saturated rings. The van der Waals surface area contributed by atoms with Crippen LogP contribution in [0.15, 0.2) is 24.3 Å². The van der Waals surface area contributed by atoms with Gasteiger partial charge in [0.1, 0.15) is 5.82 Å². The third kappa shape index (κ3) is 3.39. The molecule has 0 aromatic heterocycles. The fourth-order valence-corrected chi connectivity index (χ4v) is 3.47. The number of piperazine rings is 1. The highest BCUT2D eigenvalue weighted by Crippen LogP contribution is 2.23. The first-order valence-electron chi connectivity index (χ1n) is 8.02. The second-order valence-electron chi connectivity index (χ2n) is 6.38. The first-order valence-corrected chi connectivity index (χ1v) is 8.02. The van der Waals surface area contributed by atoms with E-state index in [1.54, 1.807) is 23.1 Å². The van der Waals surface area contributed by atoms with Crippen LogP contribution in [0, 0.1) is 5.82 Å². The molecule has 0 unspecified atom stereocenters. The first-order chi connectivity index (χ1) is 11.4. The summed E-state index contributed by atoms with van der Waals surface area (Å²) in [6.07, 6.45) is 0.580. The molecular formula is C17H20FN3O3. The molecule has 3 amide bonds. The van der Waals surface area contributed by atoms with Crippen LogP contribution in [0.1, 0.15) is 18.9 Å². The quantitative estimate of drug-likeness (QED) is 0.866. The molecule has 1 N–H and O–H groups in total. The molecule has 2 saturated heterocycles. The van der Waals surface area contributed by atoms with E-state index >= 15 is 0 Å². The van der Waals surface area contributed by atoms with Gasteiger partial charge in [0.25, 0.3) is 0 Å². The summed E-state index contributed by atoms with van der Waals surface area (Å²) in [5.74, 6) is -0.917. The third-order valence-corrected chi connectivity index (χ3v) is 4.55. The number of hydrogen-bond donors (Lipinski definition) is 1. The van der Waals surface area contributed by atoms with Gasteiger partial charge in [0.15, 0.2) is 0 Å². The summed E-state index contributed by atoms with van der Waals surface area (Å²) in [6, 6.07) is 6.00. The molecule has 128 valence electrons. The molecule has 1 aromatic rings. The minimum atomic E-state index is -0.414. The minimum Gasteiger partial charge on any atom is -0.352 e. The summed E-state index contributed by atoms with van der Waals surface area (Å²) in [6.45, 7) is 2.37. The monoisotopic (exact) mass is 333 g/mol. The molecule has 24 heavy (non-hydrogen) atoms. The van der Waals surface area contributed by atoms with Crippen molar-refractivity contribution in [1.82, 2.24) is 15.1 Å². The summed E-state index contributed by atoms with van der Waals surface area (Å²) in [5.41, 5.74) is 0.333. The van der Waals surface area contributed by atoms with Gasteiger partial charge >= 0.3 is 0 Å². The van der Waals surface area contributed by atoms with E-state index in [-0.39, 0.29) is 42.8 Å². The highest BCUT2D eigenvalue weighted by atomic mass is 19.1. The van der Waals surface area contributed by atoms with Crippen molar-refractivity contribution in [2.75, 3.05) is 19.6 Å². The Hall–Kier alpha value is -2.44. The van der Waals surface area contributed by atoms with Gasteiger partial charge in [0, 0.05) is 26.1 Å². The lowest BCUT2D eigenvalue weighted by molar-refractivity contribution is -0.146. The second-order valence-corrected chi connectivity index (χ2v) is 6.38. The summed E-state index contributed by atoms with van der Waals surface area (Å²) in [4.78, 5) is 39.1. The van der Waals surface area contributed by atoms with E-state index in [1.807, 2.05) is 0 Å². The fraction of sp³-hybridized carbons (Fsp3) is 0.471. The highest BCUT2D eigenvalue weighted by Gasteiger charge is 2.41. The molecule has 0 saturated carbocycles. The number of rotatable bonds is 3. The summed E-state index contributed by atoms with van der Waals surface area (Å²) in [5, 5.41) is 2.82. The van der Waals surface area contributed by atoms with E-state index in [0.29, 0.717) is 25.1 Å². The molecule has 0 aliphatic carbocycles. The third-order valence-electron chi connectivity index (χ3n) is 4.55. The number of halogens is 1. The van der Waals surface area contributed by atoms with E-state index < -0.39 is 5.82 Å². The lowest BCUT2D eigenvalue weighted by Crippen LogP contribution is -2.55. The van der Waals surface area contributed by atoms with Crippen LogP contribution in [0.4, 0.5) is 4.39 Å². The Kier molecular flexibility index (Phi) is 4.51. The SMILES string of the molecule is CC(=O)N[C@H]1C[C@H]2CN(C(=O)Cc3ccccc3F)CC(=O)N2C1. The standard InChI is InChI=1S/C17H20FN3O3/c1-11(22)19-13-7-14-9-20(10-17(24)21(14)8-13)16(23)6-12-4-2-3-5-15(12)18/h2-5,13-14H,6-10H2,1H3,(H,19,22)/t13-,14-/m0/s1. The van der Waals surface area contributed by atoms with Gasteiger partial charge in [0.2, 0.25) is 17.7 Å². The van der Waals surface area contributed by atoms with Gasteiger partial charge in [-0.25, -0.2) is 4.39 Å². The Morgan fingerprint density at radius 1 is 1.29 bits per heavy atom. The average Bonchev–Trinajstić information content (AvgIpc) is 2.91. The van der Waals surface area contributed by atoms with Crippen LogP contribution in [0.5, 0.6) is 0 Å². The molecule has 0 bridgehead atoms. The Labute approximate surface area is 139 Å². The molecule has 0 radical (unpaired) electrons. The molecule has 0 spiro atoms. The first kappa shape index (κ1) is 16.4. The van der Waals surface area contributed by atoms with Crippen molar-refractivity contribution in [3.63, 3.8) is 0 Å². The smallest absolute Gasteiger partial charge is 0.242 e. The number of fused-ring (bicyclic) bond motifs is 1. The maximum atomic E-state index is 13.7. The average molecular weight is 333 g/mol. The van der Waals surface area contributed by atoms with Crippen LogP contribution in [0.25, 0.3) is 0 Å². The van der Waals surface area contributed by atoms with E-state index in [1.165, 1.54) is 17.9 Å². The molecule has 6 nitrogen and oxygen atoms in total. The van der Waals surface area contributed by atoms with Gasteiger partial charge in [-0.05, 0) is 18.1 Å². The van der Waals surface area contributed by atoms with Gasteiger partial charge in [-0.1, -0.05) is 18.2 Å². The summed E-state index contributed by atoms with van der Waals surface area (Å²) < 4.78 is 13.7. The molecule has 7 heteroatoms. The predicted molar refractivity (Wildman–Crippen MR) is 84.4 cm³/mol. The van der Waals surface area contributed by atoms with Crippen molar-refractivity contribution in [1.29, 1.82) is 0 Å². The van der Waals surface area contributed by atoms with Crippen LogP contribution in [0.2, 0.25) is 0 Å². The maximum Gasteiger partial charge on any atom is 0.242 e. The zero-order chi connectivity index (χ0) is 17.3. The molecular weight excluding hydrogens is 313 g/mol. The predicted octanol–water partition coefficient (Wildman–Crippen LogP) is 0.316. The number of carbonyl (C=O) groups is 3. The van der Waals surface area contributed by atoms with Crippen LogP contribution in [-0.4, -0.2) is 59.2 Å². The molecule has 2 aliphatic rings. The van der Waals surface area contributed by atoms with Crippen molar-refractivity contribution in [3.8, 4) is 0 Å². The second kappa shape index (κ2) is 6.59. The fourth-order valence-electron chi connectivity index (χ4n) is 3.47. The number of carbonyl (C=O) groups excluding carboxylic acids is 3. The van der Waals surface area contributed by atoms with Crippen molar-refractivity contribution in [2.24, 2.45) is 0 Å². The van der Waals surface area contributed by atoms with Gasteiger partial charge in [0.05, 0.1) is 19.0 Å². The molecule has 3 rings (SSSR count). The van der Waals surface area contributed by atoms with Crippen molar-refractivity contribution >= 4 is 17.7 Å². The van der Waals surface area contributed by atoms with E-state index in [4.69, 9.17) is 0 Å². The maximum absolute atomic E-state index is 13.7. The van der Waals surface area contributed by atoms with Gasteiger partial charge in [-0.2, -0.15) is 0 Å². The Balaban J connectivity index is 1.64. The van der Waals surface area contributed by atoms with Crippen LogP contribution >= 0.6 is 0 Å². The number of nitrogens with one attached hydrogen (secondary N) is 1. The molecule has 1 aromatic carbocycles.